The van der Waals surface area contributed by atoms with E-state index in [2.05, 4.69) is 5.32 Å². The minimum Gasteiger partial charge on any atom is -0.497 e. The number of nitrogens with zero attached hydrogens (tertiary/aromatic N) is 1. The minimum atomic E-state index is -1.23. The van der Waals surface area contributed by atoms with E-state index in [0.717, 1.165) is 0 Å². The molecule has 2 saturated heterocycles. The van der Waals surface area contributed by atoms with Crippen molar-refractivity contribution in [3.63, 3.8) is 0 Å². The molecule has 2 N–H and O–H groups in total. The van der Waals surface area contributed by atoms with Crippen molar-refractivity contribution in [2.75, 3.05) is 33.9 Å². The van der Waals surface area contributed by atoms with Gasteiger partial charge in [-0.3, -0.25) is 14.4 Å². The summed E-state index contributed by atoms with van der Waals surface area (Å²) in [6.07, 6.45) is 0.0667. The molecule has 0 saturated carbocycles. The fourth-order valence-corrected chi connectivity index (χ4v) is 3.55. The Labute approximate surface area is 144 Å². The Morgan fingerprint density at radius 1 is 1.36 bits per heavy atom. The summed E-state index contributed by atoms with van der Waals surface area (Å²) in [5.74, 6) is -1.14. The van der Waals surface area contributed by atoms with Crippen molar-refractivity contribution in [1.82, 2.24) is 10.2 Å². The van der Waals surface area contributed by atoms with Crippen LogP contribution in [-0.2, 0) is 20.8 Å². The van der Waals surface area contributed by atoms with Crippen LogP contribution in [0.2, 0.25) is 0 Å². The van der Waals surface area contributed by atoms with Crippen LogP contribution >= 0.6 is 0 Å². The number of methoxy groups -OCH3 is 2. The number of benzene rings is 1. The molecule has 0 radical (unpaired) electrons. The number of carboxylic acid groups (broad SMARTS) is 1. The zero-order chi connectivity index (χ0) is 18.2. The summed E-state index contributed by atoms with van der Waals surface area (Å²) in [6.45, 7) is 0.208. The van der Waals surface area contributed by atoms with Crippen LogP contribution in [-0.4, -0.2) is 61.6 Å². The molecule has 2 fully saturated rings. The van der Waals surface area contributed by atoms with Gasteiger partial charge in [-0.2, -0.15) is 0 Å². The van der Waals surface area contributed by atoms with Crippen molar-refractivity contribution < 1.29 is 29.0 Å². The average Bonchev–Trinajstić information content (AvgIpc) is 3.14. The first-order valence-electron chi connectivity index (χ1n) is 7.91. The largest absolute Gasteiger partial charge is 0.497 e. The number of rotatable bonds is 5. The lowest BCUT2D eigenvalue weighted by Crippen LogP contribution is -2.41. The molecule has 1 aromatic carbocycles. The van der Waals surface area contributed by atoms with E-state index in [-0.39, 0.29) is 37.9 Å². The third-order valence-electron chi connectivity index (χ3n) is 5.05. The number of aliphatic carboxylic acids is 1. The van der Waals surface area contributed by atoms with Gasteiger partial charge in [-0.15, -0.1) is 0 Å². The zero-order valence-corrected chi connectivity index (χ0v) is 14.1. The number of carboxylic acids is 1. The van der Waals surface area contributed by atoms with Crippen LogP contribution in [0.4, 0.5) is 0 Å². The third kappa shape index (κ3) is 2.77. The monoisotopic (exact) mass is 348 g/mol. The fraction of sp³-hybridized carbons (Fsp3) is 0.471. The Bertz CT molecular complexity index is 734. The van der Waals surface area contributed by atoms with E-state index in [1.807, 2.05) is 0 Å². The van der Waals surface area contributed by atoms with Gasteiger partial charge in [0.15, 0.2) is 0 Å². The first-order valence-corrected chi connectivity index (χ1v) is 7.91. The zero-order valence-electron chi connectivity index (χ0n) is 14.1. The molecule has 8 heteroatoms. The van der Waals surface area contributed by atoms with Crippen LogP contribution in [0.3, 0.4) is 0 Å². The molecule has 0 unspecified atom stereocenters. The Balaban J connectivity index is 1.77. The number of amides is 2. The first kappa shape index (κ1) is 17.1. The van der Waals surface area contributed by atoms with Crippen molar-refractivity contribution in [2.45, 2.75) is 6.42 Å². The number of fused-ring (bicyclic) bond motifs is 1. The van der Waals surface area contributed by atoms with Crippen LogP contribution < -0.4 is 14.8 Å². The normalized spacial score (nSPS) is 24.6. The lowest BCUT2D eigenvalue weighted by atomic mass is 9.81. The standard InChI is InChI=1S/C17H20N2O6/c1-24-11-4-3-10(13(6-11)25-2)5-14(20)19-7-12-15(21)18-8-17(12,9-19)16(22)23/h3-4,6,12H,5,7-9H2,1-2H3,(H,18,21)(H,22,23)/t12-,17+/m0/s1. The summed E-state index contributed by atoms with van der Waals surface area (Å²) in [7, 11) is 3.05. The number of likely N-dealkylation sites (tertiary alicyclic amines) is 1. The molecule has 25 heavy (non-hydrogen) atoms. The van der Waals surface area contributed by atoms with Gasteiger partial charge in [0.1, 0.15) is 16.9 Å². The summed E-state index contributed by atoms with van der Waals surface area (Å²) in [5.41, 5.74) is -0.546. The van der Waals surface area contributed by atoms with Crippen molar-refractivity contribution in [2.24, 2.45) is 11.3 Å². The highest BCUT2D eigenvalue weighted by Crippen LogP contribution is 2.40. The number of hydrogen-bond donors (Lipinski definition) is 2. The van der Waals surface area contributed by atoms with Gasteiger partial charge >= 0.3 is 5.97 Å². The summed E-state index contributed by atoms with van der Waals surface area (Å²) in [5, 5.41) is 12.1. The van der Waals surface area contributed by atoms with E-state index in [1.165, 1.54) is 12.0 Å². The van der Waals surface area contributed by atoms with Crippen LogP contribution in [0.25, 0.3) is 0 Å². The minimum absolute atomic E-state index is 0.0308. The maximum absolute atomic E-state index is 12.7. The Hall–Kier alpha value is -2.77. The van der Waals surface area contributed by atoms with Gasteiger partial charge < -0.3 is 24.8 Å². The molecular weight excluding hydrogens is 328 g/mol. The SMILES string of the molecule is COc1ccc(CC(=O)N2C[C@H]3C(=O)NC[C@@]3(C(=O)O)C2)c(OC)c1. The second-order valence-corrected chi connectivity index (χ2v) is 6.36. The second kappa shape index (κ2) is 6.27. The summed E-state index contributed by atoms with van der Waals surface area (Å²) in [6, 6.07) is 5.16. The number of hydrogen-bond acceptors (Lipinski definition) is 5. The maximum Gasteiger partial charge on any atom is 0.314 e. The number of carbonyl (C=O) groups excluding carboxylic acids is 2. The van der Waals surface area contributed by atoms with Gasteiger partial charge in [0.05, 0.1) is 26.6 Å². The molecule has 2 heterocycles. The number of nitrogens with one attached hydrogen (secondary N) is 1. The first-order chi connectivity index (χ1) is 11.9. The lowest BCUT2D eigenvalue weighted by molar-refractivity contribution is -0.150. The van der Waals surface area contributed by atoms with Gasteiger partial charge in [0.25, 0.3) is 0 Å². The Morgan fingerprint density at radius 3 is 2.72 bits per heavy atom. The molecule has 134 valence electrons. The Kier molecular flexibility index (Phi) is 4.28. The van der Waals surface area contributed by atoms with Crippen LogP contribution in [0, 0.1) is 11.3 Å². The van der Waals surface area contributed by atoms with E-state index >= 15 is 0 Å². The quantitative estimate of drug-likeness (QED) is 0.770. The van der Waals surface area contributed by atoms with Gasteiger partial charge in [0.2, 0.25) is 11.8 Å². The molecule has 0 bridgehead atoms. The molecule has 2 aliphatic rings. The lowest BCUT2D eigenvalue weighted by Gasteiger charge is -2.22. The molecule has 1 aromatic rings. The van der Waals surface area contributed by atoms with Crippen LogP contribution in [0.5, 0.6) is 11.5 Å². The topological polar surface area (TPSA) is 105 Å². The van der Waals surface area contributed by atoms with Crippen molar-refractivity contribution in [1.29, 1.82) is 0 Å². The maximum atomic E-state index is 12.7. The van der Waals surface area contributed by atoms with Gasteiger partial charge in [-0.05, 0) is 6.07 Å². The van der Waals surface area contributed by atoms with E-state index in [1.54, 1.807) is 25.3 Å². The molecule has 0 aromatic heterocycles. The molecule has 2 aliphatic heterocycles. The van der Waals surface area contributed by atoms with E-state index < -0.39 is 17.3 Å². The number of carbonyl (C=O) groups is 3. The van der Waals surface area contributed by atoms with E-state index in [4.69, 9.17) is 9.47 Å². The molecular formula is C17H20N2O6. The predicted octanol–water partition coefficient (Wildman–Crippen LogP) is -0.0945. The highest BCUT2D eigenvalue weighted by atomic mass is 16.5. The summed E-state index contributed by atoms with van der Waals surface area (Å²) in [4.78, 5) is 37.7. The van der Waals surface area contributed by atoms with Crippen molar-refractivity contribution >= 4 is 17.8 Å². The third-order valence-corrected chi connectivity index (χ3v) is 5.05. The second-order valence-electron chi connectivity index (χ2n) is 6.36. The van der Waals surface area contributed by atoms with Crippen LogP contribution in [0.15, 0.2) is 18.2 Å². The molecule has 8 nitrogen and oxygen atoms in total. The highest BCUT2D eigenvalue weighted by Gasteiger charge is 2.60. The fourth-order valence-electron chi connectivity index (χ4n) is 3.55. The van der Waals surface area contributed by atoms with E-state index in [9.17, 15) is 19.5 Å². The average molecular weight is 348 g/mol. The van der Waals surface area contributed by atoms with Gasteiger partial charge in [0, 0.05) is 31.3 Å². The van der Waals surface area contributed by atoms with Crippen molar-refractivity contribution in [3.05, 3.63) is 23.8 Å². The summed E-state index contributed by atoms with van der Waals surface area (Å²) >= 11 is 0. The smallest absolute Gasteiger partial charge is 0.314 e. The highest BCUT2D eigenvalue weighted by molar-refractivity contribution is 5.94. The number of ether oxygens (including phenoxy) is 2. The molecule has 3 rings (SSSR count). The molecule has 0 spiro atoms. The van der Waals surface area contributed by atoms with E-state index in [0.29, 0.717) is 17.1 Å². The molecule has 2 amide bonds. The summed E-state index contributed by atoms with van der Waals surface area (Å²) < 4.78 is 10.4. The van der Waals surface area contributed by atoms with Crippen LogP contribution in [0.1, 0.15) is 5.56 Å². The van der Waals surface area contributed by atoms with Crippen molar-refractivity contribution in [3.8, 4) is 11.5 Å². The van der Waals surface area contributed by atoms with Gasteiger partial charge in [-0.25, -0.2) is 0 Å². The molecule has 0 aliphatic carbocycles. The Morgan fingerprint density at radius 2 is 2.12 bits per heavy atom. The predicted molar refractivity (Wildman–Crippen MR) is 86.4 cm³/mol. The molecule has 2 atom stereocenters. The van der Waals surface area contributed by atoms with Gasteiger partial charge in [-0.1, -0.05) is 6.07 Å².